The Bertz CT molecular complexity index is 661. The van der Waals surface area contributed by atoms with Crippen molar-refractivity contribution in [2.45, 2.75) is 6.61 Å². The number of methoxy groups -OCH3 is 1. The number of phenolic OH excluding ortho intramolecular Hbond substituents is 1. The highest BCUT2D eigenvalue weighted by molar-refractivity contribution is 5.95. The van der Waals surface area contributed by atoms with Crippen molar-refractivity contribution < 1.29 is 19.4 Å². The number of carbonyl (C=O) groups excluding carboxylic acids is 1. The summed E-state index contributed by atoms with van der Waals surface area (Å²) in [6.45, 7) is 0.376. The van der Waals surface area contributed by atoms with E-state index in [4.69, 9.17) is 4.74 Å². The van der Waals surface area contributed by atoms with Gasteiger partial charge in [-0.25, -0.2) is 4.79 Å². The van der Waals surface area contributed by atoms with Gasteiger partial charge in [-0.15, -0.1) is 0 Å². The highest BCUT2D eigenvalue weighted by Gasteiger charge is 2.21. The summed E-state index contributed by atoms with van der Waals surface area (Å²) in [5.41, 5.74) is 2.82. The molecule has 0 bridgehead atoms. The van der Waals surface area contributed by atoms with Crippen molar-refractivity contribution in [3.05, 3.63) is 47.5 Å². The molecule has 1 N–H and O–H groups in total. The normalized spacial score (nSPS) is 12.1. The zero-order chi connectivity index (χ0) is 13.4. The maximum Gasteiger partial charge on any atom is 0.341 e. The standard InChI is InChI=1S/C15H12O4/c1-18-15(17)12-7-11-9(6-13(12)16)8-19-14-5-3-2-4-10(11)14/h2-7,16H,8H2,1H3. The van der Waals surface area contributed by atoms with Crippen LogP contribution in [0.25, 0.3) is 11.1 Å². The monoisotopic (exact) mass is 256 g/mol. The number of hydrogen-bond donors (Lipinski definition) is 1. The van der Waals surface area contributed by atoms with Crippen molar-refractivity contribution in [1.82, 2.24) is 0 Å². The fourth-order valence-corrected chi connectivity index (χ4v) is 2.25. The number of phenols is 1. The van der Waals surface area contributed by atoms with Gasteiger partial charge in [-0.3, -0.25) is 0 Å². The lowest BCUT2D eigenvalue weighted by Gasteiger charge is -2.21. The lowest BCUT2D eigenvalue weighted by atomic mass is 9.94. The maximum atomic E-state index is 11.6. The Kier molecular flexibility index (Phi) is 2.63. The van der Waals surface area contributed by atoms with Crippen molar-refractivity contribution in [2.24, 2.45) is 0 Å². The first-order valence-electron chi connectivity index (χ1n) is 5.87. The molecule has 4 heteroatoms. The minimum absolute atomic E-state index is 0.0893. The van der Waals surface area contributed by atoms with Crippen LogP contribution in [0.4, 0.5) is 0 Å². The average molecular weight is 256 g/mol. The van der Waals surface area contributed by atoms with Gasteiger partial charge in [0.05, 0.1) is 7.11 Å². The minimum atomic E-state index is -0.552. The molecule has 0 saturated carbocycles. The molecule has 1 aliphatic rings. The second-order valence-electron chi connectivity index (χ2n) is 4.30. The van der Waals surface area contributed by atoms with Gasteiger partial charge >= 0.3 is 5.97 Å². The van der Waals surface area contributed by atoms with Crippen LogP contribution in [0.15, 0.2) is 36.4 Å². The van der Waals surface area contributed by atoms with E-state index in [0.29, 0.717) is 6.61 Å². The van der Waals surface area contributed by atoms with Gasteiger partial charge in [0.2, 0.25) is 0 Å². The second-order valence-corrected chi connectivity index (χ2v) is 4.30. The lowest BCUT2D eigenvalue weighted by Crippen LogP contribution is -2.08. The summed E-state index contributed by atoms with van der Waals surface area (Å²) in [6.07, 6.45) is 0. The third kappa shape index (κ3) is 1.81. The minimum Gasteiger partial charge on any atom is -0.507 e. The molecule has 0 spiro atoms. The van der Waals surface area contributed by atoms with Crippen LogP contribution in [0.3, 0.4) is 0 Å². The summed E-state index contributed by atoms with van der Waals surface area (Å²) in [5, 5.41) is 9.86. The molecule has 0 radical (unpaired) electrons. The molecule has 0 atom stereocenters. The first kappa shape index (κ1) is 11.6. The fourth-order valence-electron chi connectivity index (χ4n) is 2.25. The van der Waals surface area contributed by atoms with Crippen LogP contribution >= 0.6 is 0 Å². The summed E-state index contributed by atoms with van der Waals surface area (Å²) in [6, 6.07) is 10.8. The summed E-state index contributed by atoms with van der Waals surface area (Å²) >= 11 is 0. The Hall–Kier alpha value is -2.49. The highest BCUT2D eigenvalue weighted by atomic mass is 16.5. The van der Waals surface area contributed by atoms with Gasteiger partial charge in [-0.1, -0.05) is 18.2 Å². The van der Waals surface area contributed by atoms with Gasteiger partial charge in [-0.05, 0) is 23.8 Å². The van der Waals surface area contributed by atoms with Gasteiger partial charge in [0.25, 0.3) is 0 Å². The van der Waals surface area contributed by atoms with E-state index in [2.05, 4.69) is 4.74 Å². The first-order valence-corrected chi connectivity index (χ1v) is 5.87. The van der Waals surface area contributed by atoms with Crippen LogP contribution < -0.4 is 4.74 Å². The Morgan fingerprint density at radius 2 is 2.05 bits per heavy atom. The second kappa shape index (κ2) is 4.31. The molecule has 0 amide bonds. The summed E-state index contributed by atoms with van der Waals surface area (Å²) < 4.78 is 10.3. The molecule has 1 aliphatic heterocycles. The topological polar surface area (TPSA) is 55.8 Å². The third-order valence-corrected chi connectivity index (χ3v) is 3.19. The number of rotatable bonds is 1. The maximum absolute atomic E-state index is 11.6. The Balaban J connectivity index is 2.21. The Morgan fingerprint density at radius 1 is 1.26 bits per heavy atom. The third-order valence-electron chi connectivity index (χ3n) is 3.19. The van der Waals surface area contributed by atoms with E-state index in [-0.39, 0.29) is 11.3 Å². The van der Waals surface area contributed by atoms with Crippen LogP contribution in [0, 0.1) is 0 Å². The summed E-state index contributed by atoms with van der Waals surface area (Å²) in [7, 11) is 1.29. The van der Waals surface area contributed by atoms with Crippen molar-refractivity contribution in [1.29, 1.82) is 0 Å². The van der Waals surface area contributed by atoms with Crippen molar-refractivity contribution in [3.8, 4) is 22.6 Å². The largest absolute Gasteiger partial charge is 0.507 e. The van der Waals surface area contributed by atoms with Crippen molar-refractivity contribution in [3.63, 3.8) is 0 Å². The molecule has 0 unspecified atom stereocenters. The molecular formula is C15H12O4. The average Bonchev–Trinajstić information content (AvgIpc) is 2.45. The van der Waals surface area contributed by atoms with Gasteiger partial charge in [0.1, 0.15) is 23.7 Å². The fraction of sp³-hybridized carbons (Fsp3) is 0.133. The van der Waals surface area contributed by atoms with Crippen LogP contribution in [-0.4, -0.2) is 18.2 Å². The van der Waals surface area contributed by atoms with Crippen molar-refractivity contribution >= 4 is 5.97 Å². The van der Waals surface area contributed by atoms with Gasteiger partial charge in [0.15, 0.2) is 0 Å². The van der Waals surface area contributed by atoms with Crippen LogP contribution in [0.1, 0.15) is 15.9 Å². The number of ether oxygens (including phenoxy) is 2. The molecule has 2 aromatic carbocycles. The van der Waals surface area contributed by atoms with Crippen LogP contribution in [0.2, 0.25) is 0 Å². The predicted octanol–water partition coefficient (Wildman–Crippen LogP) is 2.74. The SMILES string of the molecule is COC(=O)c1cc2c(cc1O)COc1ccccc1-2. The molecule has 1 heterocycles. The number of hydrogen-bond acceptors (Lipinski definition) is 4. The van der Waals surface area contributed by atoms with E-state index in [0.717, 1.165) is 22.4 Å². The molecule has 0 saturated heterocycles. The number of esters is 1. The van der Waals surface area contributed by atoms with Gasteiger partial charge in [-0.2, -0.15) is 0 Å². The summed E-state index contributed by atoms with van der Waals surface area (Å²) in [5.74, 6) is 0.134. The van der Waals surface area contributed by atoms with E-state index >= 15 is 0 Å². The number of aromatic hydroxyl groups is 1. The molecular weight excluding hydrogens is 244 g/mol. The lowest BCUT2D eigenvalue weighted by molar-refractivity contribution is 0.0597. The number of carbonyl (C=O) groups is 1. The quantitative estimate of drug-likeness (QED) is 0.797. The highest BCUT2D eigenvalue weighted by Crippen LogP contribution is 2.39. The molecule has 0 aliphatic carbocycles. The van der Waals surface area contributed by atoms with E-state index in [1.165, 1.54) is 7.11 Å². The molecule has 19 heavy (non-hydrogen) atoms. The number of benzene rings is 2. The molecule has 2 aromatic rings. The molecule has 0 fully saturated rings. The van der Waals surface area contributed by atoms with E-state index in [1.807, 2.05) is 24.3 Å². The van der Waals surface area contributed by atoms with E-state index < -0.39 is 5.97 Å². The van der Waals surface area contributed by atoms with Crippen molar-refractivity contribution in [2.75, 3.05) is 7.11 Å². The Labute approximate surface area is 110 Å². The van der Waals surface area contributed by atoms with Crippen LogP contribution in [-0.2, 0) is 11.3 Å². The Morgan fingerprint density at radius 3 is 2.84 bits per heavy atom. The van der Waals surface area contributed by atoms with E-state index in [1.54, 1.807) is 12.1 Å². The molecule has 3 rings (SSSR count). The molecule has 96 valence electrons. The number of fused-ring (bicyclic) bond motifs is 3. The molecule has 0 aromatic heterocycles. The first-order chi connectivity index (χ1) is 9.20. The smallest absolute Gasteiger partial charge is 0.341 e. The zero-order valence-corrected chi connectivity index (χ0v) is 10.3. The van der Waals surface area contributed by atoms with Gasteiger partial charge < -0.3 is 14.6 Å². The van der Waals surface area contributed by atoms with E-state index in [9.17, 15) is 9.90 Å². The predicted molar refractivity (Wildman–Crippen MR) is 69.2 cm³/mol. The van der Waals surface area contributed by atoms with Gasteiger partial charge in [0, 0.05) is 11.1 Å². The zero-order valence-electron chi connectivity index (χ0n) is 10.3. The summed E-state index contributed by atoms with van der Waals surface area (Å²) in [4.78, 5) is 11.6. The van der Waals surface area contributed by atoms with Crippen LogP contribution in [0.5, 0.6) is 11.5 Å². The molecule has 4 nitrogen and oxygen atoms in total. The number of para-hydroxylation sites is 1.